The normalized spacial score (nSPS) is 15.4. The zero-order valence-electron chi connectivity index (χ0n) is 10.2. The van der Waals surface area contributed by atoms with Crippen LogP contribution in [0.4, 0.5) is 10.8 Å². The molecule has 2 aromatic rings. The van der Waals surface area contributed by atoms with Crippen LogP contribution < -0.4 is 10.1 Å². The van der Waals surface area contributed by atoms with Gasteiger partial charge >= 0.3 is 0 Å². The molecule has 0 saturated heterocycles. The molecule has 19 heavy (non-hydrogen) atoms. The zero-order valence-corrected chi connectivity index (χ0v) is 11.0. The van der Waals surface area contributed by atoms with E-state index in [-0.39, 0.29) is 5.91 Å². The van der Waals surface area contributed by atoms with Crippen LogP contribution in [0, 0.1) is 0 Å². The number of rotatable bonds is 3. The average Bonchev–Trinajstić information content (AvgIpc) is 3.00. The molecule has 3 rings (SSSR count). The van der Waals surface area contributed by atoms with Crippen LogP contribution in [0.15, 0.2) is 34.8 Å². The Kier molecular flexibility index (Phi) is 3.00. The molecule has 0 radical (unpaired) electrons. The number of thiazole rings is 1. The second-order valence-corrected chi connectivity index (χ2v) is 4.74. The van der Waals surface area contributed by atoms with E-state index in [0.29, 0.717) is 17.5 Å². The Morgan fingerprint density at radius 2 is 2.37 bits per heavy atom. The maximum Gasteiger partial charge on any atom is 0.275 e. The molecule has 0 atom stereocenters. The molecule has 6 heteroatoms. The number of hydrogen-bond acceptors (Lipinski definition) is 5. The summed E-state index contributed by atoms with van der Waals surface area (Å²) in [6.07, 6.45) is 1.66. The predicted octanol–water partition coefficient (Wildman–Crippen LogP) is 2.61. The Balaban J connectivity index is 2.05. The van der Waals surface area contributed by atoms with Crippen molar-refractivity contribution in [3.63, 3.8) is 0 Å². The number of nitrogens with one attached hydrogen (secondary N) is 1. The first-order valence-corrected chi connectivity index (χ1v) is 6.72. The summed E-state index contributed by atoms with van der Waals surface area (Å²) in [6, 6.07) is 5.47. The third kappa shape index (κ3) is 2.22. The summed E-state index contributed by atoms with van der Waals surface area (Å²) in [6.45, 7) is 2.50. The highest BCUT2D eigenvalue weighted by molar-refractivity contribution is 7.13. The van der Waals surface area contributed by atoms with Crippen molar-refractivity contribution in [1.29, 1.82) is 0 Å². The summed E-state index contributed by atoms with van der Waals surface area (Å²) >= 11 is 1.39. The lowest BCUT2D eigenvalue weighted by Crippen LogP contribution is -2.13. The minimum absolute atomic E-state index is 0.209. The van der Waals surface area contributed by atoms with E-state index in [1.807, 2.05) is 30.5 Å². The molecule has 1 amide bonds. The van der Waals surface area contributed by atoms with E-state index in [0.717, 1.165) is 17.0 Å². The van der Waals surface area contributed by atoms with Gasteiger partial charge in [0.25, 0.3) is 5.91 Å². The van der Waals surface area contributed by atoms with Crippen LogP contribution in [-0.2, 0) is 4.79 Å². The van der Waals surface area contributed by atoms with E-state index in [4.69, 9.17) is 4.74 Å². The van der Waals surface area contributed by atoms with Gasteiger partial charge < -0.3 is 10.1 Å². The van der Waals surface area contributed by atoms with Gasteiger partial charge in [-0.05, 0) is 25.1 Å². The van der Waals surface area contributed by atoms with Gasteiger partial charge in [0.2, 0.25) is 5.13 Å². The molecule has 0 spiro atoms. The maximum absolute atomic E-state index is 11.9. The summed E-state index contributed by atoms with van der Waals surface area (Å²) in [5.41, 5.74) is 1.89. The van der Waals surface area contributed by atoms with Crippen LogP contribution in [0.3, 0.4) is 0 Å². The lowest BCUT2D eigenvalue weighted by atomic mass is 10.1. The number of ether oxygens (including phenoxy) is 1. The summed E-state index contributed by atoms with van der Waals surface area (Å²) in [5.74, 6) is 0.517. The molecule has 0 aliphatic carbocycles. The summed E-state index contributed by atoms with van der Waals surface area (Å²) in [4.78, 5) is 20.3. The van der Waals surface area contributed by atoms with Gasteiger partial charge in [-0.1, -0.05) is 0 Å². The van der Waals surface area contributed by atoms with Gasteiger partial charge in [-0.3, -0.25) is 4.79 Å². The molecule has 0 bridgehead atoms. The molecular formula is C13H11N3O2S. The zero-order chi connectivity index (χ0) is 13.2. The van der Waals surface area contributed by atoms with Crippen molar-refractivity contribution in [2.24, 2.45) is 4.99 Å². The first-order valence-electron chi connectivity index (χ1n) is 5.84. The van der Waals surface area contributed by atoms with Gasteiger partial charge in [0.05, 0.1) is 12.3 Å². The Bertz CT molecular complexity index is 650. The van der Waals surface area contributed by atoms with Crippen LogP contribution in [-0.4, -0.2) is 23.2 Å². The number of hydrogen-bond donors (Lipinski definition) is 1. The fourth-order valence-corrected chi connectivity index (χ4v) is 2.38. The fraction of sp³-hybridized carbons (Fsp3) is 0.154. The first kappa shape index (κ1) is 11.9. The van der Waals surface area contributed by atoms with E-state index in [9.17, 15) is 4.79 Å². The first-order chi connectivity index (χ1) is 9.28. The number of benzene rings is 1. The number of carbonyl (C=O) groups is 1. The lowest BCUT2D eigenvalue weighted by Gasteiger charge is -2.04. The van der Waals surface area contributed by atoms with Gasteiger partial charge in [0, 0.05) is 17.1 Å². The Hall–Kier alpha value is -2.21. The molecule has 0 fully saturated rings. The molecule has 1 aliphatic rings. The number of aliphatic imine (C=N–C) groups is 1. The van der Waals surface area contributed by atoms with E-state index < -0.39 is 0 Å². The summed E-state index contributed by atoms with van der Waals surface area (Å²) in [5, 5.41) is 5.17. The monoisotopic (exact) mass is 273 g/mol. The molecule has 1 N–H and O–H groups in total. The van der Waals surface area contributed by atoms with Crippen molar-refractivity contribution in [3.05, 3.63) is 35.3 Å². The molecule has 0 saturated carbocycles. The maximum atomic E-state index is 11.9. The van der Waals surface area contributed by atoms with Gasteiger partial charge in [-0.2, -0.15) is 0 Å². The topological polar surface area (TPSA) is 63.6 Å². The fourth-order valence-electron chi connectivity index (χ4n) is 1.87. The van der Waals surface area contributed by atoms with Crippen molar-refractivity contribution in [1.82, 2.24) is 4.98 Å². The molecule has 1 aromatic carbocycles. The van der Waals surface area contributed by atoms with Crippen molar-refractivity contribution >= 4 is 33.8 Å². The van der Waals surface area contributed by atoms with Gasteiger partial charge in [0.15, 0.2) is 0 Å². The smallest absolute Gasteiger partial charge is 0.275 e. The van der Waals surface area contributed by atoms with Crippen molar-refractivity contribution in [2.75, 3.05) is 11.9 Å². The molecule has 2 heterocycles. The standard InChI is InChI=1S/C13H11N3O2S/c1-2-18-8-3-4-10-9(7-8)11(12(17)15-10)16-13-14-5-6-19-13/h3-7H,2H2,1H3,(H,14,15,16,17). The summed E-state index contributed by atoms with van der Waals surface area (Å²) < 4.78 is 5.44. The number of fused-ring (bicyclic) bond motifs is 1. The van der Waals surface area contributed by atoms with Gasteiger partial charge in [-0.15, -0.1) is 11.3 Å². The van der Waals surface area contributed by atoms with Crippen molar-refractivity contribution < 1.29 is 9.53 Å². The SMILES string of the molecule is CCOc1ccc2c(c1)/C(=N/c1nccs1)C(=O)N2. The van der Waals surface area contributed by atoms with Gasteiger partial charge in [-0.25, -0.2) is 9.98 Å². The molecule has 1 aromatic heterocycles. The van der Waals surface area contributed by atoms with Crippen LogP contribution in [0.1, 0.15) is 12.5 Å². The van der Waals surface area contributed by atoms with E-state index in [2.05, 4.69) is 15.3 Å². The quantitative estimate of drug-likeness (QED) is 0.935. The van der Waals surface area contributed by atoms with E-state index >= 15 is 0 Å². The molecule has 1 aliphatic heterocycles. The highest BCUT2D eigenvalue weighted by Gasteiger charge is 2.26. The minimum atomic E-state index is -0.209. The molecule has 0 unspecified atom stereocenters. The lowest BCUT2D eigenvalue weighted by molar-refractivity contribution is -0.110. The predicted molar refractivity (Wildman–Crippen MR) is 74.6 cm³/mol. The highest BCUT2D eigenvalue weighted by Crippen LogP contribution is 2.29. The minimum Gasteiger partial charge on any atom is -0.494 e. The third-order valence-electron chi connectivity index (χ3n) is 2.65. The Morgan fingerprint density at radius 3 is 3.11 bits per heavy atom. The van der Waals surface area contributed by atoms with Gasteiger partial charge in [0.1, 0.15) is 11.5 Å². The van der Waals surface area contributed by atoms with E-state index in [1.165, 1.54) is 11.3 Å². The number of aromatic nitrogens is 1. The molecular weight excluding hydrogens is 262 g/mol. The average molecular weight is 273 g/mol. The third-order valence-corrected chi connectivity index (χ3v) is 3.31. The van der Waals surface area contributed by atoms with Crippen molar-refractivity contribution in [2.45, 2.75) is 6.92 Å². The van der Waals surface area contributed by atoms with E-state index in [1.54, 1.807) is 6.20 Å². The summed E-state index contributed by atoms with van der Waals surface area (Å²) in [7, 11) is 0. The second-order valence-electron chi connectivity index (χ2n) is 3.87. The van der Waals surface area contributed by atoms with Crippen LogP contribution in [0.25, 0.3) is 0 Å². The van der Waals surface area contributed by atoms with Crippen LogP contribution in [0.2, 0.25) is 0 Å². The highest BCUT2D eigenvalue weighted by atomic mass is 32.1. The Labute approximate surface area is 114 Å². The van der Waals surface area contributed by atoms with Crippen LogP contribution >= 0.6 is 11.3 Å². The largest absolute Gasteiger partial charge is 0.494 e. The Morgan fingerprint density at radius 1 is 1.47 bits per heavy atom. The number of amides is 1. The number of anilines is 1. The number of carbonyl (C=O) groups excluding carboxylic acids is 1. The second kappa shape index (κ2) is 4.81. The molecule has 96 valence electrons. The van der Waals surface area contributed by atoms with Crippen molar-refractivity contribution in [3.8, 4) is 5.75 Å². The molecule has 5 nitrogen and oxygen atoms in total. The van der Waals surface area contributed by atoms with Crippen LogP contribution in [0.5, 0.6) is 5.75 Å². The number of nitrogens with zero attached hydrogens (tertiary/aromatic N) is 2.